The number of aliphatic hydroxyl groups is 1. The fourth-order valence-electron chi connectivity index (χ4n) is 8.00. The van der Waals surface area contributed by atoms with E-state index in [1.165, 1.54) is 12.8 Å². The van der Waals surface area contributed by atoms with Gasteiger partial charge in [0.2, 0.25) is 0 Å². The lowest BCUT2D eigenvalue weighted by molar-refractivity contribution is -0.138. The number of aliphatic hydroxyl groups excluding tert-OH is 1. The van der Waals surface area contributed by atoms with Crippen molar-refractivity contribution in [2.45, 2.75) is 77.7 Å². The highest BCUT2D eigenvalue weighted by Crippen LogP contribution is 2.67. The topological polar surface area (TPSA) is 91.7 Å². The van der Waals surface area contributed by atoms with Crippen molar-refractivity contribution < 1.29 is 22.9 Å². The second kappa shape index (κ2) is 7.24. The van der Waals surface area contributed by atoms with E-state index in [2.05, 4.69) is 13.8 Å². The molecule has 0 unspecified atom stereocenters. The average Bonchev–Trinajstić information content (AvgIpc) is 2.97. The molecule has 0 saturated heterocycles. The zero-order valence-corrected chi connectivity index (χ0v) is 18.6. The zero-order chi connectivity index (χ0) is 20.3. The number of fused-ring (bicyclic) bond motifs is 5. The zero-order valence-electron chi connectivity index (χ0n) is 17.0. The van der Waals surface area contributed by atoms with Crippen LogP contribution in [0.4, 0.5) is 0 Å². The Morgan fingerprint density at radius 3 is 2.39 bits per heavy atom. The van der Waals surface area contributed by atoms with E-state index >= 15 is 0 Å². The number of hydrogen-bond acceptors (Lipinski definition) is 5. The van der Waals surface area contributed by atoms with E-state index in [9.17, 15) is 18.3 Å². The van der Waals surface area contributed by atoms with Crippen molar-refractivity contribution >= 4 is 25.7 Å². The lowest BCUT2D eigenvalue weighted by Gasteiger charge is -2.60. The molecule has 5 nitrogen and oxygen atoms in total. The highest BCUT2D eigenvalue weighted by Gasteiger charge is 2.61. The van der Waals surface area contributed by atoms with Crippen LogP contribution in [0.5, 0.6) is 0 Å². The first-order chi connectivity index (χ1) is 13.0. The van der Waals surface area contributed by atoms with Gasteiger partial charge >= 0.3 is 9.15 Å². The Labute approximate surface area is 172 Å². The van der Waals surface area contributed by atoms with Crippen molar-refractivity contribution in [2.24, 2.45) is 40.4 Å². The van der Waals surface area contributed by atoms with Gasteiger partial charge in [-0.3, -0.25) is 9.35 Å². The van der Waals surface area contributed by atoms with Gasteiger partial charge in [0.05, 0.1) is 11.9 Å². The summed E-state index contributed by atoms with van der Waals surface area (Å²) in [6, 6.07) is 0. The van der Waals surface area contributed by atoms with E-state index in [1.807, 2.05) is 0 Å². The molecule has 4 aliphatic rings. The SMILES string of the molecule is C[C@]12CC[C@@H](O)C[C@H]1CC[C@@H]1[C@@H]2CC[C@]2(C)[C@@H](C(=O)CSS(=O)(=O)O)CC[C@@H]12. The Balaban J connectivity index is 1.51. The number of rotatable bonds is 4. The lowest BCUT2D eigenvalue weighted by Crippen LogP contribution is -2.54. The third-order valence-electron chi connectivity index (χ3n) is 9.38. The first-order valence-corrected chi connectivity index (χ1v) is 13.8. The van der Waals surface area contributed by atoms with Crippen molar-refractivity contribution in [2.75, 3.05) is 5.75 Å². The smallest absolute Gasteiger partial charge is 0.320 e. The summed E-state index contributed by atoms with van der Waals surface area (Å²) in [5, 5.41) is 10.2. The molecular weight excluding hydrogens is 396 g/mol. The van der Waals surface area contributed by atoms with E-state index in [4.69, 9.17) is 4.55 Å². The molecular formula is C21H34O5S2. The van der Waals surface area contributed by atoms with Crippen LogP contribution >= 0.6 is 10.8 Å². The molecule has 0 bridgehead atoms. The summed E-state index contributed by atoms with van der Waals surface area (Å²) in [6.07, 6.45) is 9.38. The van der Waals surface area contributed by atoms with Crippen LogP contribution in [-0.2, 0) is 13.9 Å². The maximum atomic E-state index is 12.8. The fraction of sp³-hybridized carbons (Fsp3) is 0.952. The largest absolute Gasteiger partial charge is 0.393 e. The fourth-order valence-corrected chi connectivity index (χ4v) is 9.26. The first kappa shape index (κ1) is 21.1. The third-order valence-corrected chi connectivity index (χ3v) is 11.3. The van der Waals surface area contributed by atoms with Crippen molar-refractivity contribution in [3.63, 3.8) is 0 Å². The Kier molecular flexibility index (Phi) is 5.47. The Morgan fingerprint density at radius 1 is 1.00 bits per heavy atom. The van der Waals surface area contributed by atoms with Crippen molar-refractivity contribution in [3.05, 3.63) is 0 Å². The molecule has 8 atom stereocenters. The molecule has 4 fully saturated rings. The molecule has 4 aliphatic carbocycles. The van der Waals surface area contributed by atoms with Crippen LogP contribution in [0.15, 0.2) is 0 Å². The van der Waals surface area contributed by atoms with Crippen molar-refractivity contribution in [1.82, 2.24) is 0 Å². The summed E-state index contributed by atoms with van der Waals surface area (Å²) in [5.41, 5.74) is 0.293. The van der Waals surface area contributed by atoms with Crippen molar-refractivity contribution in [3.8, 4) is 0 Å². The standard InChI is InChI=1S/C21H34O5S2/c1-20-9-7-14(22)11-13(20)3-4-15-16-5-6-18(19(23)12-27-28(24,25)26)21(16,2)10-8-17(15)20/h13-18,22H,3-12H2,1-2H3,(H,24,25,26)/t13-,14-,15+,16+,17+,18-,20+,21+/m1/s1. The predicted molar refractivity (Wildman–Crippen MR) is 110 cm³/mol. The second-order valence-electron chi connectivity index (χ2n) is 10.4. The summed E-state index contributed by atoms with van der Waals surface area (Å²) < 4.78 is 31.1. The maximum Gasteiger partial charge on any atom is 0.320 e. The molecule has 7 heteroatoms. The summed E-state index contributed by atoms with van der Waals surface area (Å²) in [4.78, 5) is 12.8. The molecule has 0 amide bonds. The molecule has 0 heterocycles. The minimum atomic E-state index is -4.17. The van der Waals surface area contributed by atoms with Gasteiger partial charge in [-0.1, -0.05) is 13.8 Å². The third kappa shape index (κ3) is 3.48. The Morgan fingerprint density at radius 2 is 1.68 bits per heavy atom. The summed E-state index contributed by atoms with van der Waals surface area (Å²) in [5.74, 6) is 2.29. The number of hydrogen-bond donors (Lipinski definition) is 2. The number of Topliss-reactive ketones (excluding diaryl/α,β-unsaturated/α-hetero) is 1. The van der Waals surface area contributed by atoms with Crippen LogP contribution in [-0.4, -0.2) is 35.7 Å². The molecule has 0 aliphatic heterocycles. The number of ketones is 1. The van der Waals surface area contributed by atoms with E-state index in [1.54, 1.807) is 0 Å². The predicted octanol–water partition coefficient (Wildman–Crippen LogP) is 4.11. The Bertz CT molecular complexity index is 737. The molecule has 4 saturated carbocycles. The van der Waals surface area contributed by atoms with Gasteiger partial charge < -0.3 is 5.11 Å². The lowest BCUT2D eigenvalue weighted by atomic mass is 9.44. The monoisotopic (exact) mass is 430 g/mol. The van der Waals surface area contributed by atoms with E-state index < -0.39 is 9.15 Å². The molecule has 0 spiro atoms. The van der Waals surface area contributed by atoms with Gasteiger partial charge in [0.15, 0.2) is 0 Å². The van der Waals surface area contributed by atoms with E-state index in [0.29, 0.717) is 39.9 Å². The summed E-state index contributed by atoms with van der Waals surface area (Å²) in [6.45, 7) is 4.73. The molecule has 4 rings (SSSR count). The molecule has 0 radical (unpaired) electrons. The minimum absolute atomic E-state index is 0.00763. The number of carbonyl (C=O) groups is 1. The second-order valence-corrected chi connectivity index (χ2v) is 13.8. The van der Waals surface area contributed by atoms with Crippen LogP contribution in [0.2, 0.25) is 0 Å². The quantitative estimate of drug-likeness (QED) is 0.515. The van der Waals surface area contributed by atoms with Crippen LogP contribution in [0.3, 0.4) is 0 Å². The van der Waals surface area contributed by atoms with Crippen LogP contribution in [0.25, 0.3) is 0 Å². The van der Waals surface area contributed by atoms with Gasteiger partial charge in [-0.25, -0.2) is 0 Å². The van der Waals surface area contributed by atoms with Gasteiger partial charge in [-0.05, 0) is 92.3 Å². The normalized spacial score (nSPS) is 48.4. The number of carbonyl (C=O) groups excluding carboxylic acids is 1. The summed E-state index contributed by atoms with van der Waals surface area (Å²) in [7, 11) is -3.81. The summed E-state index contributed by atoms with van der Waals surface area (Å²) >= 11 is 0. The van der Waals surface area contributed by atoms with Crippen molar-refractivity contribution in [1.29, 1.82) is 0 Å². The van der Waals surface area contributed by atoms with Gasteiger partial charge in [-0.15, -0.1) is 0 Å². The molecule has 160 valence electrons. The van der Waals surface area contributed by atoms with Gasteiger partial charge in [0.1, 0.15) is 5.78 Å². The van der Waals surface area contributed by atoms with E-state index in [0.717, 1.165) is 44.9 Å². The maximum absolute atomic E-state index is 12.8. The van der Waals surface area contributed by atoms with Gasteiger partial charge in [-0.2, -0.15) is 8.42 Å². The minimum Gasteiger partial charge on any atom is -0.393 e. The molecule has 28 heavy (non-hydrogen) atoms. The Hall–Kier alpha value is -0.110. The van der Waals surface area contributed by atoms with Crippen LogP contribution < -0.4 is 0 Å². The highest BCUT2D eigenvalue weighted by atomic mass is 33.1. The highest BCUT2D eigenvalue weighted by molar-refractivity contribution is 8.70. The molecule has 0 aromatic carbocycles. The average molecular weight is 431 g/mol. The first-order valence-electron chi connectivity index (χ1n) is 10.9. The van der Waals surface area contributed by atoms with E-state index in [-0.39, 0.29) is 29.0 Å². The van der Waals surface area contributed by atoms with Crippen LogP contribution in [0, 0.1) is 40.4 Å². The van der Waals surface area contributed by atoms with Gasteiger partial charge in [0.25, 0.3) is 0 Å². The van der Waals surface area contributed by atoms with Crippen LogP contribution in [0.1, 0.15) is 71.6 Å². The van der Waals surface area contributed by atoms with Gasteiger partial charge in [0, 0.05) is 16.7 Å². The molecule has 0 aromatic heterocycles. The molecule has 0 aromatic rings. The molecule has 2 N–H and O–H groups in total.